The zero-order chi connectivity index (χ0) is 21.1. The van der Waals surface area contributed by atoms with E-state index in [2.05, 4.69) is 22.8 Å². The van der Waals surface area contributed by atoms with Crippen LogP contribution in [0.15, 0.2) is 12.1 Å². The lowest BCUT2D eigenvalue weighted by atomic mass is 10.0. The van der Waals surface area contributed by atoms with Gasteiger partial charge in [-0.05, 0) is 57.6 Å². The zero-order valence-corrected chi connectivity index (χ0v) is 17.9. The van der Waals surface area contributed by atoms with Crippen molar-refractivity contribution in [2.75, 3.05) is 25.0 Å². The summed E-state index contributed by atoms with van der Waals surface area (Å²) in [5.74, 6) is 0.0952. The number of hydrogen-bond acceptors (Lipinski definition) is 4. The van der Waals surface area contributed by atoms with Crippen LogP contribution in [0.3, 0.4) is 0 Å². The molecule has 29 heavy (non-hydrogen) atoms. The Morgan fingerprint density at radius 3 is 2.62 bits per heavy atom. The number of carbonyl (C=O) groups is 2. The molecule has 162 valence electrons. The Hall–Kier alpha value is -2.31. The summed E-state index contributed by atoms with van der Waals surface area (Å²) in [5.41, 5.74) is 2.46. The van der Waals surface area contributed by atoms with E-state index in [4.69, 9.17) is 4.98 Å². The van der Waals surface area contributed by atoms with Gasteiger partial charge in [-0.1, -0.05) is 31.7 Å². The van der Waals surface area contributed by atoms with Crippen molar-refractivity contribution in [3.8, 4) is 0 Å². The molecule has 3 N–H and O–H groups in total. The highest BCUT2D eigenvalue weighted by molar-refractivity contribution is 5.82. The van der Waals surface area contributed by atoms with Crippen molar-refractivity contribution < 1.29 is 14.7 Å². The highest BCUT2D eigenvalue weighted by Crippen LogP contribution is 2.20. The third-order valence-corrected chi connectivity index (χ3v) is 5.52. The molecule has 1 aliphatic heterocycles. The van der Waals surface area contributed by atoms with Gasteiger partial charge in [0.2, 0.25) is 0 Å². The first-order valence-corrected chi connectivity index (χ1v) is 11.1. The Morgan fingerprint density at radius 1 is 1.17 bits per heavy atom. The van der Waals surface area contributed by atoms with Gasteiger partial charge in [-0.25, -0.2) is 14.6 Å². The molecular weight excluding hydrogens is 368 g/mol. The van der Waals surface area contributed by atoms with Gasteiger partial charge in [0.1, 0.15) is 11.9 Å². The predicted octanol–water partition coefficient (Wildman–Crippen LogP) is 3.83. The summed E-state index contributed by atoms with van der Waals surface area (Å²) in [6.07, 6.45) is 8.79. The number of rotatable bonds is 12. The maximum Gasteiger partial charge on any atom is 0.326 e. The molecule has 0 saturated heterocycles. The molecule has 1 atom stereocenters. The van der Waals surface area contributed by atoms with E-state index in [9.17, 15) is 14.7 Å². The van der Waals surface area contributed by atoms with Gasteiger partial charge >= 0.3 is 12.0 Å². The highest BCUT2D eigenvalue weighted by Gasteiger charge is 2.21. The number of urea groups is 1. The van der Waals surface area contributed by atoms with Crippen molar-refractivity contribution in [2.45, 2.75) is 77.7 Å². The van der Waals surface area contributed by atoms with Crippen molar-refractivity contribution in [3.05, 3.63) is 23.4 Å². The molecule has 0 radical (unpaired) electrons. The van der Waals surface area contributed by atoms with E-state index in [0.29, 0.717) is 19.5 Å². The lowest BCUT2D eigenvalue weighted by Crippen LogP contribution is -2.47. The Kier molecular flexibility index (Phi) is 9.74. The van der Waals surface area contributed by atoms with Gasteiger partial charge in [0.25, 0.3) is 0 Å². The summed E-state index contributed by atoms with van der Waals surface area (Å²) < 4.78 is 0. The van der Waals surface area contributed by atoms with Gasteiger partial charge < -0.3 is 20.6 Å². The lowest BCUT2D eigenvalue weighted by Gasteiger charge is -2.22. The number of anilines is 1. The summed E-state index contributed by atoms with van der Waals surface area (Å²) in [6.45, 7) is 5.92. The third kappa shape index (κ3) is 7.55. The average molecular weight is 405 g/mol. The molecule has 7 heteroatoms. The number of nitrogens with one attached hydrogen (secondary N) is 2. The number of carboxylic acid groups (broad SMARTS) is 1. The maximum atomic E-state index is 12.1. The average Bonchev–Trinajstić information content (AvgIpc) is 2.72. The van der Waals surface area contributed by atoms with Crippen molar-refractivity contribution in [1.82, 2.24) is 15.2 Å². The summed E-state index contributed by atoms with van der Waals surface area (Å²) in [7, 11) is 0. The van der Waals surface area contributed by atoms with E-state index < -0.39 is 12.0 Å². The number of pyridine rings is 1. The highest BCUT2D eigenvalue weighted by atomic mass is 16.4. The fourth-order valence-corrected chi connectivity index (χ4v) is 3.70. The van der Waals surface area contributed by atoms with Crippen LogP contribution in [0.25, 0.3) is 0 Å². The molecule has 0 unspecified atom stereocenters. The molecule has 1 aromatic heterocycles. The second-order valence-electron chi connectivity index (χ2n) is 7.66. The quantitative estimate of drug-likeness (QED) is 0.460. The van der Waals surface area contributed by atoms with Gasteiger partial charge in [0.05, 0.1) is 0 Å². The number of hydrogen-bond donors (Lipinski definition) is 3. The number of carboxylic acids is 1. The summed E-state index contributed by atoms with van der Waals surface area (Å²) >= 11 is 0. The normalized spacial score (nSPS) is 13.9. The number of nitrogens with zero attached hydrogens (tertiary/aromatic N) is 2. The molecule has 0 aromatic carbocycles. The molecule has 1 aliphatic rings. The van der Waals surface area contributed by atoms with Crippen molar-refractivity contribution >= 4 is 17.8 Å². The minimum Gasteiger partial charge on any atom is -0.480 e. The van der Waals surface area contributed by atoms with E-state index >= 15 is 0 Å². The molecule has 2 rings (SSSR count). The fourth-order valence-electron chi connectivity index (χ4n) is 3.70. The SMILES string of the molecule is CCN(CC)C(=O)N[C@@H](CCCCCCCc1ccc2c(n1)NCCC2)C(=O)O. The number of fused-ring (bicyclic) bond motifs is 1. The smallest absolute Gasteiger partial charge is 0.326 e. The van der Waals surface area contributed by atoms with Crippen LogP contribution in [0.1, 0.15) is 70.1 Å². The second kappa shape index (κ2) is 12.3. The molecule has 2 amide bonds. The Labute approximate surface area is 174 Å². The second-order valence-corrected chi connectivity index (χ2v) is 7.66. The van der Waals surface area contributed by atoms with Crippen molar-refractivity contribution in [3.63, 3.8) is 0 Å². The van der Waals surface area contributed by atoms with Crippen LogP contribution in [0.4, 0.5) is 10.6 Å². The van der Waals surface area contributed by atoms with Crippen LogP contribution in [-0.4, -0.2) is 52.7 Å². The van der Waals surface area contributed by atoms with E-state index in [1.807, 2.05) is 13.8 Å². The Bertz CT molecular complexity index is 661. The molecule has 1 aromatic rings. The van der Waals surface area contributed by atoms with Gasteiger partial charge in [0.15, 0.2) is 0 Å². The van der Waals surface area contributed by atoms with Crippen LogP contribution in [-0.2, 0) is 17.6 Å². The molecule has 0 bridgehead atoms. The molecule has 0 saturated carbocycles. The van der Waals surface area contributed by atoms with Crippen LogP contribution < -0.4 is 10.6 Å². The molecule has 0 fully saturated rings. The number of amides is 2. The van der Waals surface area contributed by atoms with Crippen LogP contribution in [0.2, 0.25) is 0 Å². The van der Waals surface area contributed by atoms with Crippen molar-refractivity contribution in [1.29, 1.82) is 0 Å². The molecular formula is C22H36N4O3. The molecule has 0 spiro atoms. The topological polar surface area (TPSA) is 94.6 Å². The monoisotopic (exact) mass is 404 g/mol. The predicted molar refractivity (Wildman–Crippen MR) is 115 cm³/mol. The first-order chi connectivity index (χ1) is 14.0. The third-order valence-electron chi connectivity index (χ3n) is 5.52. The Balaban J connectivity index is 1.61. The summed E-state index contributed by atoms with van der Waals surface area (Å²) in [4.78, 5) is 29.8. The van der Waals surface area contributed by atoms with E-state index in [1.54, 1.807) is 4.90 Å². The van der Waals surface area contributed by atoms with Gasteiger partial charge in [-0.2, -0.15) is 0 Å². The number of carbonyl (C=O) groups excluding carboxylic acids is 1. The minimum atomic E-state index is -0.961. The summed E-state index contributed by atoms with van der Waals surface area (Å²) in [5, 5.41) is 15.4. The Morgan fingerprint density at radius 2 is 1.90 bits per heavy atom. The molecule has 2 heterocycles. The molecule has 0 aliphatic carbocycles. The van der Waals surface area contributed by atoms with E-state index in [1.165, 1.54) is 12.0 Å². The van der Waals surface area contributed by atoms with Gasteiger partial charge in [0, 0.05) is 25.3 Å². The number of aryl methyl sites for hydroxylation is 2. The number of unbranched alkanes of at least 4 members (excludes halogenated alkanes) is 4. The largest absolute Gasteiger partial charge is 0.480 e. The fraction of sp³-hybridized carbons (Fsp3) is 0.682. The maximum absolute atomic E-state index is 12.1. The van der Waals surface area contributed by atoms with Gasteiger partial charge in [-0.15, -0.1) is 0 Å². The lowest BCUT2D eigenvalue weighted by molar-refractivity contribution is -0.139. The number of aromatic nitrogens is 1. The van der Waals surface area contributed by atoms with Gasteiger partial charge in [-0.3, -0.25) is 0 Å². The molecule has 7 nitrogen and oxygen atoms in total. The van der Waals surface area contributed by atoms with Crippen LogP contribution >= 0.6 is 0 Å². The standard InChI is InChI=1S/C22H36N4O3/c1-3-26(4-2)22(29)25-19(21(27)28)13-9-7-5-6-8-12-18-15-14-17-11-10-16-23-20(17)24-18/h14-15,19H,3-13,16H2,1-2H3,(H,23,24)(H,25,29)(H,27,28)/t19-/m0/s1. The van der Waals surface area contributed by atoms with E-state index in [0.717, 1.165) is 63.0 Å². The minimum absolute atomic E-state index is 0.297. The number of aliphatic carboxylic acids is 1. The van der Waals surface area contributed by atoms with Crippen LogP contribution in [0.5, 0.6) is 0 Å². The van der Waals surface area contributed by atoms with E-state index in [-0.39, 0.29) is 6.03 Å². The van der Waals surface area contributed by atoms with Crippen molar-refractivity contribution in [2.24, 2.45) is 0 Å². The van der Waals surface area contributed by atoms with Crippen LogP contribution in [0, 0.1) is 0 Å². The first-order valence-electron chi connectivity index (χ1n) is 11.1. The zero-order valence-electron chi connectivity index (χ0n) is 17.9. The summed E-state index contributed by atoms with van der Waals surface area (Å²) in [6, 6.07) is 3.23. The first kappa shape index (κ1) is 23.0.